The van der Waals surface area contributed by atoms with Crippen LogP contribution in [0.3, 0.4) is 0 Å². The van der Waals surface area contributed by atoms with Crippen LogP contribution in [0.2, 0.25) is 0 Å². The van der Waals surface area contributed by atoms with Crippen molar-refractivity contribution in [2.24, 2.45) is 0 Å². The molecule has 54 valence electrons. The summed E-state index contributed by atoms with van der Waals surface area (Å²) < 4.78 is 2.19. The van der Waals surface area contributed by atoms with Gasteiger partial charge in [0.05, 0.1) is 6.61 Å². The molecule has 0 aromatic heterocycles. The lowest BCUT2D eigenvalue weighted by atomic mass is 10.2. The lowest BCUT2D eigenvalue weighted by Crippen LogP contribution is -2.48. The summed E-state index contributed by atoms with van der Waals surface area (Å²) in [5, 5.41) is 11.9. The fourth-order valence-electron chi connectivity index (χ4n) is 0.907. The fraction of sp³-hybridized carbons (Fsp3) is 1.00. The summed E-state index contributed by atoms with van der Waals surface area (Å²) in [6.07, 6.45) is 0. The highest BCUT2D eigenvalue weighted by molar-refractivity contribution is 14.1. The van der Waals surface area contributed by atoms with Gasteiger partial charge in [0.15, 0.2) is 0 Å². The van der Waals surface area contributed by atoms with Crippen molar-refractivity contribution < 1.29 is 5.11 Å². The molecule has 9 heavy (non-hydrogen) atoms. The van der Waals surface area contributed by atoms with E-state index in [0.29, 0.717) is 0 Å². The summed E-state index contributed by atoms with van der Waals surface area (Å²) >= 11 is 2.28. The van der Waals surface area contributed by atoms with E-state index in [0.717, 1.165) is 19.6 Å². The molecule has 0 radical (unpaired) electrons. The van der Waals surface area contributed by atoms with Gasteiger partial charge in [-0.25, -0.2) is 3.11 Å². The quantitative estimate of drug-likeness (QED) is 0.485. The molecule has 1 heterocycles. The topological polar surface area (TPSA) is 35.5 Å². The molecule has 0 bridgehead atoms. The molecule has 1 rings (SSSR count). The average Bonchev–Trinajstić information content (AvgIpc) is 1.88. The monoisotopic (exact) mass is 242 g/mol. The molecule has 0 aromatic carbocycles. The van der Waals surface area contributed by atoms with Crippen molar-refractivity contribution in [1.82, 2.24) is 8.43 Å². The maximum absolute atomic E-state index is 8.72. The van der Waals surface area contributed by atoms with Gasteiger partial charge in [-0.05, 0) is 0 Å². The Morgan fingerprint density at radius 3 is 3.00 bits per heavy atom. The van der Waals surface area contributed by atoms with Gasteiger partial charge in [0.1, 0.15) is 0 Å². The summed E-state index contributed by atoms with van der Waals surface area (Å²) in [6.45, 7) is 3.28. The third kappa shape index (κ3) is 2.37. The van der Waals surface area contributed by atoms with Crippen LogP contribution in [-0.4, -0.2) is 40.5 Å². The van der Waals surface area contributed by atoms with Crippen molar-refractivity contribution in [3.63, 3.8) is 0 Å². The number of aliphatic hydroxyl groups is 1. The largest absolute Gasteiger partial charge is 0.395 e. The van der Waals surface area contributed by atoms with Gasteiger partial charge in [0.2, 0.25) is 0 Å². The molecule has 0 saturated carbocycles. The number of nitrogens with one attached hydrogen (secondary N) is 1. The van der Waals surface area contributed by atoms with Gasteiger partial charge in [0.25, 0.3) is 0 Å². The van der Waals surface area contributed by atoms with Crippen LogP contribution in [0.15, 0.2) is 0 Å². The van der Waals surface area contributed by atoms with E-state index >= 15 is 0 Å². The SMILES string of the molecule is OC[C@@H]1CN(I)CCN1. The smallest absolute Gasteiger partial charge is 0.0597 e. The summed E-state index contributed by atoms with van der Waals surface area (Å²) in [5.41, 5.74) is 0. The molecular formula is C5H11IN2O. The van der Waals surface area contributed by atoms with Crippen molar-refractivity contribution >= 4 is 22.9 Å². The van der Waals surface area contributed by atoms with E-state index in [-0.39, 0.29) is 12.6 Å². The third-order valence-electron chi connectivity index (χ3n) is 1.43. The predicted molar refractivity (Wildman–Crippen MR) is 44.5 cm³/mol. The zero-order chi connectivity index (χ0) is 6.69. The highest BCUT2D eigenvalue weighted by Crippen LogP contribution is 2.03. The van der Waals surface area contributed by atoms with Crippen molar-refractivity contribution in [1.29, 1.82) is 0 Å². The molecule has 0 unspecified atom stereocenters. The Balaban J connectivity index is 2.23. The summed E-state index contributed by atoms with van der Waals surface area (Å²) in [5.74, 6) is 0. The zero-order valence-corrected chi connectivity index (χ0v) is 7.34. The van der Waals surface area contributed by atoms with Gasteiger partial charge < -0.3 is 10.4 Å². The van der Waals surface area contributed by atoms with E-state index in [1.807, 2.05) is 0 Å². The molecule has 4 heteroatoms. The maximum Gasteiger partial charge on any atom is 0.0597 e. The Morgan fingerprint density at radius 1 is 1.78 bits per heavy atom. The minimum atomic E-state index is 0.250. The Bertz CT molecular complexity index is 91.0. The molecule has 3 nitrogen and oxygen atoms in total. The van der Waals surface area contributed by atoms with Crippen LogP contribution in [0.1, 0.15) is 0 Å². The van der Waals surface area contributed by atoms with Crippen LogP contribution < -0.4 is 5.32 Å². The van der Waals surface area contributed by atoms with Gasteiger partial charge in [-0.3, -0.25) is 0 Å². The number of piperazine rings is 1. The van der Waals surface area contributed by atoms with Crippen LogP contribution >= 0.6 is 22.9 Å². The summed E-state index contributed by atoms with van der Waals surface area (Å²) in [4.78, 5) is 0. The van der Waals surface area contributed by atoms with E-state index in [4.69, 9.17) is 5.11 Å². The van der Waals surface area contributed by atoms with Crippen molar-refractivity contribution in [2.75, 3.05) is 26.2 Å². The minimum absolute atomic E-state index is 0.250. The van der Waals surface area contributed by atoms with Gasteiger partial charge in [-0.15, -0.1) is 0 Å². The number of hydrogen-bond acceptors (Lipinski definition) is 3. The normalized spacial score (nSPS) is 30.7. The highest BCUT2D eigenvalue weighted by atomic mass is 127. The number of halogens is 1. The number of aliphatic hydroxyl groups excluding tert-OH is 1. The molecule has 1 saturated heterocycles. The van der Waals surface area contributed by atoms with Gasteiger partial charge in [-0.2, -0.15) is 0 Å². The lowest BCUT2D eigenvalue weighted by molar-refractivity contribution is 0.207. The molecule has 1 aliphatic rings. The van der Waals surface area contributed by atoms with Crippen LogP contribution in [0.4, 0.5) is 0 Å². The van der Waals surface area contributed by atoms with Gasteiger partial charge in [-0.1, -0.05) is 0 Å². The van der Waals surface area contributed by atoms with E-state index in [2.05, 4.69) is 31.3 Å². The van der Waals surface area contributed by atoms with Gasteiger partial charge in [0, 0.05) is 48.5 Å². The van der Waals surface area contributed by atoms with Crippen LogP contribution in [-0.2, 0) is 0 Å². The molecule has 0 amide bonds. The molecule has 2 N–H and O–H groups in total. The molecule has 1 aliphatic heterocycles. The van der Waals surface area contributed by atoms with E-state index in [1.165, 1.54) is 0 Å². The standard InChI is InChI=1S/C5H11IN2O/c6-8-2-1-7-5(3-8)4-9/h5,7,9H,1-4H2/t5-/m0/s1. The summed E-state index contributed by atoms with van der Waals surface area (Å²) in [7, 11) is 0. The maximum atomic E-state index is 8.72. The third-order valence-corrected chi connectivity index (χ3v) is 2.30. The average molecular weight is 242 g/mol. The first-order valence-electron chi connectivity index (χ1n) is 3.08. The lowest BCUT2D eigenvalue weighted by Gasteiger charge is -2.27. The Hall–Kier alpha value is 0.610. The number of hydrogen-bond donors (Lipinski definition) is 2. The molecule has 1 fully saturated rings. The van der Waals surface area contributed by atoms with Crippen LogP contribution in [0.5, 0.6) is 0 Å². The predicted octanol–water partition coefficient (Wildman–Crippen LogP) is -0.398. The zero-order valence-electron chi connectivity index (χ0n) is 5.18. The van der Waals surface area contributed by atoms with E-state index < -0.39 is 0 Å². The summed E-state index contributed by atoms with van der Waals surface area (Å²) in [6, 6.07) is 0.288. The Morgan fingerprint density at radius 2 is 2.56 bits per heavy atom. The Labute approximate surface area is 68.9 Å². The Kier molecular flexibility index (Phi) is 3.17. The molecular weight excluding hydrogens is 231 g/mol. The molecule has 0 aliphatic carbocycles. The molecule has 0 spiro atoms. The van der Waals surface area contributed by atoms with Crippen molar-refractivity contribution in [3.8, 4) is 0 Å². The van der Waals surface area contributed by atoms with Crippen molar-refractivity contribution in [3.05, 3.63) is 0 Å². The number of rotatable bonds is 1. The molecule has 0 aromatic rings. The first kappa shape index (κ1) is 7.71. The van der Waals surface area contributed by atoms with E-state index in [1.54, 1.807) is 0 Å². The van der Waals surface area contributed by atoms with Crippen LogP contribution in [0, 0.1) is 0 Å². The first-order chi connectivity index (χ1) is 4.33. The van der Waals surface area contributed by atoms with Gasteiger partial charge >= 0.3 is 0 Å². The second-order valence-corrected chi connectivity index (χ2v) is 3.57. The second-order valence-electron chi connectivity index (χ2n) is 2.20. The number of nitrogens with zero attached hydrogens (tertiary/aromatic N) is 1. The van der Waals surface area contributed by atoms with Crippen LogP contribution in [0.25, 0.3) is 0 Å². The minimum Gasteiger partial charge on any atom is -0.395 e. The van der Waals surface area contributed by atoms with E-state index in [9.17, 15) is 0 Å². The second kappa shape index (κ2) is 3.70. The highest BCUT2D eigenvalue weighted by Gasteiger charge is 2.15. The molecule has 1 atom stereocenters. The first-order valence-corrected chi connectivity index (χ1v) is 4.04. The fourth-order valence-corrected chi connectivity index (χ4v) is 1.62. The van der Waals surface area contributed by atoms with Crippen molar-refractivity contribution in [2.45, 2.75) is 6.04 Å².